The van der Waals surface area contributed by atoms with E-state index in [-0.39, 0.29) is 30.4 Å². The predicted molar refractivity (Wildman–Crippen MR) is 105 cm³/mol. The van der Waals surface area contributed by atoms with Crippen molar-refractivity contribution in [3.05, 3.63) is 57.0 Å². The molecule has 0 aliphatic heterocycles. The number of carbonyl (C=O) groups excluding carboxylic acids is 1. The van der Waals surface area contributed by atoms with E-state index in [4.69, 9.17) is 10.5 Å². The molecule has 0 amide bonds. The van der Waals surface area contributed by atoms with Gasteiger partial charge in [-0.1, -0.05) is 43.5 Å². The van der Waals surface area contributed by atoms with Gasteiger partial charge in [0, 0.05) is 12.5 Å². The molecule has 3 rings (SSSR count). The zero-order valence-corrected chi connectivity index (χ0v) is 16.2. The van der Waals surface area contributed by atoms with E-state index in [0.29, 0.717) is 12.2 Å². The third kappa shape index (κ3) is 4.09. The molecule has 1 aliphatic rings. The fourth-order valence-corrected chi connectivity index (χ4v) is 3.80. The number of nitrogens with zero attached hydrogens (tertiary/aromatic N) is 2. The van der Waals surface area contributed by atoms with Crippen LogP contribution in [-0.2, 0) is 17.8 Å². The molecule has 1 aromatic heterocycles. The van der Waals surface area contributed by atoms with Crippen molar-refractivity contribution in [2.45, 2.75) is 58.0 Å². The minimum atomic E-state index is -0.815. The molecule has 2 aromatic rings. The highest BCUT2D eigenvalue weighted by atomic mass is 16.5. The van der Waals surface area contributed by atoms with E-state index in [1.54, 1.807) is 6.92 Å². The number of hydrogen-bond donors (Lipinski definition) is 2. The van der Waals surface area contributed by atoms with Crippen LogP contribution in [0, 0.1) is 0 Å². The molecule has 1 saturated carbocycles. The van der Waals surface area contributed by atoms with Gasteiger partial charge in [0.15, 0.2) is 11.3 Å². The Balaban J connectivity index is 2.11. The van der Waals surface area contributed by atoms with Crippen molar-refractivity contribution in [1.82, 2.24) is 9.78 Å². The number of esters is 1. The third-order valence-electron chi connectivity index (χ3n) is 5.29. The van der Waals surface area contributed by atoms with E-state index in [9.17, 15) is 14.7 Å². The van der Waals surface area contributed by atoms with E-state index in [1.165, 1.54) is 4.68 Å². The monoisotopic (exact) mass is 385 g/mol. The summed E-state index contributed by atoms with van der Waals surface area (Å²) < 4.78 is 6.28. The molecule has 1 fully saturated rings. The third-order valence-corrected chi connectivity index (χ3v) is 5.29. The van der Waals surface area contributed by atoms with E-state index in [2.05, 4.69) is 5.10 Å². The van der Waals surface area contributed by atoms with Gasteiger partial charge in [-0.25, -0.2) is 9.48 Å². The molecule has 7 nitrogen and oxygen atoms in total. The molecule has 1 aromatic carbocycles. The second-order valence-electron chi connectivity index (χ2n) is 7.10. The van der Waals surface area contributed by atoms with Crippen molar-refractivity contribution in [1.29, 1.82) is 0 Å². The first-order valence-corrected chi connectivity index (χ1v) is 9.84. The molecule has 3 N–H and O–H groups in total. The summed E-state index contributed by atoms with van der Waals surface area (Å²) in [7, 11) is 0. The van der Waals surface area contributed by atoms with Crippen LogP contribution in [0.4, 0.5) is 0 Å². The predicted octanol–water partition coefficient (Wildman–Crippen LogP) is 2.68. The van der Waals surface area contributed by atoms with Gasteiger partial charge in [0.05, 0.1) is 13.2 Å². The summed E-state index contributed by atoms with van der Waals surface area (Å²) in [6.07, 6.45) is 4.97. The Labute approximate surface area is 164 Å². The number of nitrogens with two attached hydrogens (primary N) is 1. The lowest BCUT2D eigenvalue weighted by molar-refractivity contribution is 0.0519. The Morgan fingerprint density at radius 1 is 1.25 bits per heavy atom. The van der Waals surface area contributed by atoms with Gasteiger partial charge in [-0.3, -0.25) is 4.79 Å². The molecule has 0 bridgehead atoms. The van der Waals surface area contributed by atoms with Crippen LogP contribution in [0.15, 0.2) is 29.1 Å². The number of aromatic nitrogens is 2. The topological polar surface area (TPSA) is 107 Å². The SMILES string of the molecule is CCOC(=O)c1c(O)c(C2CCCCC2)nn(Cc2ccccc2CN)c1=O. The molecule has 28 heavy (non-hydrogen) atoms. The van der Waals surface area contributed by atoms with Gasteiger partial charge in [0.1, 0.15) is 5.69 Å². The van der Waals surface area contributed by atoms with Gasteiger partial charge >= 0.3 is 5.97 Å². The molecular weight excluding hydrogens is 358 g/mol. The van der Waals surface area contributed by atoms with Crippen molar-refractivity contribution in [3.8, 4) is 5.75 Å². The molecule has 0 unspecified atom stereocenters. The molecular formula is C21H27N3O4. The minimum absolute atomic E-state index is 0.0264. The minimum Gasteiger partial charge on any atom is -0.505 e. The lowest BCUT2D eigenvalue weighted by Crippen LogP contribution is -2.32. The van der Waals surface area contributed by atoms with Gasteiger partial charge in [-0.15, -0.1) is 0 Å². The van der Waals surface area contributed by atoms with Crippen molar-refractivity contribution >= 4 is 5.97 Å². The van der Waals surface area contributed by atoms with E-state index >= 15 is 0 Å². The molecule has 7 heteroatoms. The van der Waals surface area contributed by atoms with Gasteiger partial charge < -0.3 is 15.6 Å². The summed E-state index contributed by atoms with van der Waals surface area (Å²) in [4.78, 5) is 25.4. The average molecular weight is 385 g/mol. The van der Waals surface area contributed by atoms with Crippen LogP contribution in [0.1, 0.15) is 72.1 Å². The first-order chi connectivity index (χ1) is 13.6. The maximum Gasteiger partial charge on any atom is 0.347 e. The van der Waals surface area contributed by atoms with E-state index in [0.717, 1.165) is 43.2 Å². The highest BCUT2D eigenvalue weighted by Crippen LogP contribution is 2.36. The van der Waals surface area contributed by atoms with Crippen LogP contribution in [0.2, 0.25) is 0 Å². The second kappa shape index (κ2) is 9.01. The molecule has 150 valence electrons. The smallest absolute Gasteiger partial charge is 0.347 e. The van der Waals surface area contributed by atoms with Crippen molar-refractivity contribution in [2.24, 2.45) is 5.73 Å². The molecule has 0 spiro atoms. The highest BCUT2D eigenvalue weighted by molar-refractivity contribution is 5.92. The lowest BCUT2D eigenvalue weighted by Gasteiger charge is -2.23. The van der Waals surface area contributed by atoms with Crippen LogP contribution < -0.4 is 11.3 Å². The van der Waals surface area contributed by atoms with Crippen molar-refractivity contribution < 1.29 is 14.6 Å². The van der Waals surface area contributed by atoms with Gasteiger partial charge in [-0.05, 0) is 30.9 Å². The van der Waals surface area contributed by atoms with Crippen LogP contribution in [0.3, 0.4) is 0 Å². The van der Waals surface area contributed by atoms with Crippen molar-refractivity contribution in [2.75, 3.05) is 6.61 Å². The molecule has 1 heterocycles. The first-order valence-electron chi connectivity index (χ1n) is 9.84. The maximum atomic E-state index is 13.0. The Hall–Kier alpha value is -2.67. The second-order valence-corrected chi connectivity index (χ2v) is 7.10. The summed E-state index contributed by atoms with van der Waals surface area (Å²) in [5, 5.41) is 15.2. The van der Waals surface area contributed by atoms with Gasteiger partial charge in [0.2, 0.25) is 0 Å². The maximum absolute atomic E-state index is 13.0. The average Bonchev–Trinajstić information content (AvgIpc) is 2.71. The Morgan fingerprint density at radius 3 is 2.57 bits per heavy atom. The highest BCUT2D eigenvalue weighted by Gasteiger charge is 2.29. The van der Waals surface area contributed by atoms with Gasteiger partial charge in [0.25, 0.3) is 5.56 Å². The lowest BCUT2D eigenvalue weighted by atomic mass is 9.86. The fraction of sp³-hybridized carbons (Fsp3) is 0.476. The molecule has 0 atom stereocenters. The molecule has 0 radical (unpaired) electrons. The summed E-state index contributed by atoms with van der Waals surface area (Å²) >= 11 is 0. The van der Waals surface area contributed by atoms with E-state index in [1.807, 2.05) is 24.3 Å². The van der Waals surface area contributed by atoms with Gasteiger partial charge in [-0.2, -0.15) is 5.10 Å². The number of hydrogen-bond acceptors (Lipinski definition) is 6. The van der Waals surface area contributed by atoms with Crippen LogP contribution in [-0.4, -0.2) is 27.5 Å². The quantitative estimate of drug-likeness (QED) is 0.740. The molecule has 0 saturated heterocycles. The van der Waals surface area contributed by atoms with Crippen LogP contribution in [0.5, 0.6) is 5.75 Å². The number of ether oxygens (including phenoxy) is 1. The van der Waals surface area contributed by atoms with Crippen molar-refractivity contribution in [3.63, 3.8) is 0 Å². The summed E-state index contributed by atoms with van der Waals surface area (Å²) in [6.45, 7) is 2.30. The molecule has 1 aliphatic carbocycles. The summed E-state index contributed by atoms with van der Waals surface area (Å²) in [5.74, 6) is -1.12. The zero-order chi connectivity index (χ0) is 20.1. The van der Waals surface area contributed by atoms with Crippen LogP contribution in [0.25, 0.3) is 0 Å². The Kier molecular flexibility index (Phi) is 6.46. The Morgan fingerprint density at radius 2 is 1.93 bits per heavy atom. The summed E-state index contributed by atoms with van der Waals surface area (Å²) in [6, 6.07) is 7.53. The number of aromatic hydroxyl groups is 1. The number of carbonyl (C=O) groups is 1. The fourth-order valence-electron chi connectivity index (χ4n) is 3.80. The normalized spacial score (nSPS) is 14.8. The largest absolute Gasteiger partial charge is 0.505 e. The number of benzene rings is 1. The summed E-state index contributed by atoms with van der Waals surface area (Å²) in [5.41, 5.74) is 7.00. The Bertz CT molecular complexity index is 901. The zero-order valence-electron chi connectivity index (χ0n) is 16.2. The van der Waals surface area contributed by atoms with Crippen LogP contribution >= 0.6 is 0 Å². The standard InChI is InChI=1S/C21H27N3O4/c1-2-28-21(27)17-19(25)18(14-8-4-3-5-9-14)23-24(20(17)26)13-16-11-7-6-10-15(16)12-22/h6-7,10-11,14,25H,2-5,8-9,12-13,22H2,1H3. The first kappa shape index (κ1) is 20.1. The number of rotatable bonds is 6. The van der Waals surface area contributed by atoms with E-state index < -0.39 is 11.5 Å².